The summed E-state index contributed by atoms with van der Waals surface area (Å²) in [6.45, 7) is 3.45. The zero-order valence-electron chi connectivity index (χ0n) is 9.53. The van der Waals surface area contributed by atoms with Crippen LogP contribution < -0.4 is 0 Å². The van der Waals surface area contributed by atoms with E-state index < -0.39 is 0 Å². The minimum Gasteiger partial charge on any atom is -0.381 e. The molecule has 16 heavy (non-hydrogen) atoms. The van der Waals surface area contributed by atoms with Gasteiger partial charge in [-0.15, -0.1) is 0 Å². The van der Waals surface area contributed by atoms with Crippen molar-refractivity contribution in [1.82, 2.24) is 0 Å². The SMILES string of the molecule is Cc1ccccc1C(=O)C=C1CCOCC1. The number of carbonyl (C=O) groups is 1. The molecule has 0 saturated carbocycles. The molecule has 0 N–H and O–H groups in total. The highest BCUT2D eigenvalue weighted by molar-refractivity contribution is 6.05. The molecule has 1 aliphatic rings. The highest BCUT2D eigenvalue weighted by atomic mass is 16.5. The zero-order valence-corrected chi connectivity index (χ0v) is 9.53. The molecule has 2 rings (SSSR count). The van der Waals surface area contributed by atoms with Crippen LogP contribution in [-0.2, 0) is 4.74 Å². The summed E-state index contributed by atoms with van der Waals surface area (Å²) >= 11 is 0. The lowest BCUT2D eigenvalue weighted by atomic mass is 10.0. The second kappa shape index (κ2) is 5.08. The lowest BCUT2D eigenvalue weighted by Gasteiger charge is -2.14. The van der Waals surface area contributed by atoms with Gasteiger partial charge in [-0.2, -0.15) is 0 Å². The third-order valence-electron chi connectivity index (χ3n) is 2.88. The van der Waals surface area contributed by atoms with Crippen molar-refractivity contribution < 1.29 is 9.53 Å². The Labute approximate surface area is 95.9 Å². The van der Waals surface area contributed by atoms with Crippen LogP contribution in [0.5, 0.6) is 0 Å². The smallest absolute Gasteiger partial charge is 0.186 e. The number of hydrogen-bond donors (Lipinski definition) is 0. The summed E-state index contributed by atoms with van der Waals surface area (Å²) in [5.41, 5.74) is 3.05. The molecule has 84 valence electrons. The minimum atomic E-state index is 0.120. The van der Waals surface area contributed by atoms with Gasteiger partial charge in [-0.05, 0) is 31.4 Å². The van der Waals surface area contributed by atoms with Crippen LogP contribution in [0.15, 0.2) is 35.9 Å². The Morgan fingerprint density at radius 2 is 1.94 bits per heavy atom. The maximum Gasteiger partial charge on any atom is 0.186 e. The summed E-state index contributed by atoms with van der Waals surface area (Å²) in [4.78, 5) is 12.0. The van der Waals surface area contributed by atoms with Gasteiger partial charge in [0.2, 0.25) is 0 Å². The molecule has 0 aliphatic carbocycles. The normalized spacial score (nSPS) is 15.9. The van der Waals surface area contributed by atoms with Gasteiger partial charge in [0.25, 0.3) is 0 Å². The molecule has 1 aromatic carbocycles. The number of benzene rings is 1. The molecule has 0 radical (unpaired) electrons. The van der Waals surface area contributed by atoms with Gasteiger partial charge in [0, 0.05) is 5.56 Å². The van der Waals surface area contributed by atoms with E-state index in [1.807, 2.05) is 31.2 Å². The number of ketones is 1. The van der Waals surface area contributed by atoms with Crippen molar-refractivity contribution >= 4 is 5.78 Å². The van der Waals surface area contributed by atoms with Crippen molar-refractivity contribution in [2.75, 3.05) is 13.2 Å². The van der Waals surface area contributed by atoms with Gasteiger partial charge in [0.15, 0.2) is 5.78 Å². The summed E-state index contributed by atoms with van der Waals surface area (Å²) in [5, 5.41) is 0. The molecule has 0 aromatic heterocycles. The van der Waals surface area contributed by atoms with Crippen LogP contribution in [0.25, 0.3) is 0 Å². The van der Waals surface area contributed by atoms with Crippen LogP contribution in [-0.4, -0.2) is 19.0 Å². The number of rotatable bonds is 2. The van der Waals surface area contributed by atoms with Crippen molar-refractivity contribution in [3.8, 4) is 0 Å². The standard InChI is InChI=1S/C14H16O2/c1-11-4-2-3-5-13(11)14(15)10-12-6-8-16-9-7-12/h2-5,10H,6-9H2,1H3. The van der Waals surface area contributed by atoms with Gasteiger partial charge in [-0.3, -0.25) is 4.79 Å². The molecule has 1 saturated heterocycles. The fraction of sp³-hybridized carbons (Fsp3) is 0.357. The first-order valence-electron chi connectivity index (χ1n) is 5.64. The van der Waals surface area contributed by atoms with Crippen molar-refractivity contribution in [2.45, 2.75) is 19.8 Å². The summed E-state index contributed by atoms with van der Waals surface area (Å²) < 4.78 is 5.26. The highest BCUT2D eigenvalue weighted by Gasteiger charge is 2.10. The Bertz CT molecular complexity index is 410. The Kier molecular flexibility index (Phi) is 3.52. The Morgan fingerprint density at radius 3 is 2.62 bits per heavy atom. The first-order valence-corrected chi connectivity index (χ1v) is 5.64. The number of allylic oxidation sites excluding steroid dienone is 1. The Hall–Kier alpha value is -1.41. The van der Waals surface area contributed by atoms with E-state index in [2.05, 4.69) is 0 Å². The van der Waals surface area contributed by atoms with Gasteiger partial charge in [0.05, 0.1) is 13.2 Å². The molecule has 0 atom stereocenters. The number of aryl methyl sites for hydroxylation is 1. The monoisotopic (exact) mass is 216 g/mol. The molecule has 1 fully saturated rings. The molecule has 0 amide bonds. The largest absolute Gasteiger partial charge is 0.381 e. The van der Waals surface area contributed by atoms with Gasteiger partial charge in [-0.1, -0.05) is 29.8 Å². The molecule has 2 heteroatoms. The molecule has 1 aromatic rings. The van der Waals surface area contributed by atoms with Gasteiger partial charge >= 0.3 is 0 Å². The topological polar surface area (TPSA) is 26.3 Å². The molecule has 1 aliphatic heterocycles. The molecular weight excluding hydrogens is 200 g/mol. The Morgan fingerprint density at radius 1 is 1.25 bits per heavy atom. The fourth-order valence-corrected chi connectivity index (χ4v) is 1.89. The quantitative estimate of drug-likeness (QED) is 0.561. The number of ether oxygens (including phenoxy) is 1. The molecule has 0 unspecified atom stereocenters. The second-order valence-corrected chi connectivity index (χ2v) is 4.09. The van der Waals surface area contributed by atoms with Crippen LogP contribution in [0, 0.1) is 6.92 Å². The van der Waals surface area contributed by atoms with Crippen molar-refractivity contribution in [1.29, 1.82) is 0 Å². The maximum absolute atomic E-state index is 12.0. The van der Waals surface area contributed by atoms with Gasteiger partial charge in [-0.25, -0.2) is 0 Å². The molecule has 0 bridgehead atoms. The fourth-order valence-electron chi connectivity index (χ4n) is 1.89. The summed E-state index contributed by atoms with van der Waals surface area (Å²) in [5.74, 6) is 0.120. The molecular formula is C14H16O2. The van der Waals surface area contributed by atoms with Crippen LogP contribution in [0.3, 0.4) is 0 Å². The van der Waals surface area contributed by atoms with Crippen molar-refractivity contribution in [3.05, 3.63) is 47.0 Å². The lowest BCUT2D eigenvalue weighted by molar-refractivity contribution is 0.103. The van der Waals surface area contributed by atoms with Crippen LogP contribution in [0.4, 0.5) is 0 Å². The third kappa shape index (κ3) is 2.58. The van der Waals surface area contributed by atoms with E-state index >= 15 is 0 Å². The first-order chi connectivity index (χ1) is 7.77. The average molecular weight is 216 g/mol. The van der Waals surface area contributed by atoms with Crippen LogP contribution >= 0.6 is 0 Å². The van der Waals surface area contributed by atoms with E-state index in [1.54, 1.807) is 6.08 Å². The van der Waals surface area contributed by atoms with E-state index in [9.17, 15) is 4.79 Å². The average Bonchev–Trinajstić information content (AvgIpc) is 2.31. The van der Waals surface area contributed by atoms with E-state index in [0.717, 1.165) is 37.2 Å². The summed E-state index contributed by atoms with van der Waals surface area (Å²) in [6.07, 6.45) is 3.56. The van der Waals surface area contributed by atoms with E-state index in [0.29, 0.717) is 0 Å². The summed E-state index contributed by atoms with van der Waals surface area (Å²) in [6, 6.07) is 7.71. The third-order valence-corrected chi connectivity index (χ3v) is 2.88. The predicted molar refractivity (Wildman–Crippen MR) is 63.6 cm³/mol. The predicted octanol–water partition coefficient (Wildman–Crippen LogP) is 2.91. The van der Waals surface area contributed by atoms with Crippen molar-refractivity contribution in [3.63, 3.8) is 0 Å². The maximum atomic E-state index is 12.0. The van der Waals surface area contributed by atoms with Crippen molar-refractivity contribution in [2.24, 2.45) is 0 Å². The van der Waals surface area contributed by atoms with E-state index in [-0.39, 0.29) is 5.78 Å². The molecule has 0 spiro atoms. The number of carbonyl (C=O) groups excluding carboxylic acids is 1. The van der Waals surface area contributed by atoms with Gasteiger partial charge < -0.3 is 4.74 Å². The van der Waals surface area contributed by atoms with Crippen LogP contribution in [0.1, 0.15) is 28.8 Å². The minimum absolute atomic E-state index is 0.120. The summed E-state index contributed by atoms with van der Waals surface area (Å²) in [7, 11) is 0. The lowest BCUT2D eigenvalue weighted by Crippen LogP contribution is -2.09. The first kappa shape index (κ1) is 11.1. The molecule has 1 heterocycles. The highest BCUT2D eigenvalue weighted by Crippen LogP contribution is 2.16. The second-order valence-electron chi connectivity index (χ2n) is 4.09. The van der Waals surface area contributed by atoms with E-state index in [4.69, 9.17) is 4.74 Å². The zero-order chi connectivity index (χ0) is 11.4. The van der Waals surface area contributed by atoms with Crippen LogP contribution in [0.2, 0.25) is 0 Å². The van der Waals surface area contributed by atoms with Gasteiger partial charge in [0.1, 0.15) is 0 Å². The number of hydrogen-bond acceptors (Lipinski definition) is 2. The molecule has 2 nitrogen and oxygen atoms in total. The Balaban J connectivity index is 2.16. The van der Waals surface area contributed by atoms with E-state index in [1.165, 1.54) is 5.57 Å².